The van der Waals surface area contributed by atoms with Gasteiger partial charge in [-0.3, -0.25) is 4.89 Å². The predicted octanol–water partition coefficient (Wildman–Crippen LogP) is 1.27. The molecule has 0 spiro atoms. The molecule has 20 heavy (non-hydrogen) atoms. The number of hydrogen-bond donors (Lipinski definition) is 0. The van der Waals surface area contributed by atoms with Crippen LogP contribution >= 0.6 is 0 Å². The SMILES string of the molecule is C=CC(=O)OCOC(=O)OCCCCOOC(=O)C=C. The zero-order valence-electron chi connectivity index (χ0n) is 10.9. The number of ether oxygens (including phenoxy) is 3. The van der Waals surface area contributed by atoms with Crippen LogP contribution in [0.1, 0.15) is 12.8 Å². The van der Waals surface area contributed by atoms with Crippen molar-refractivity contribution in [2.24, 2.45) is 0 Å². The summed E-state index contributed by atoms with van der Waals surface area (Å²) < 4.78 is 13.5. The van der Waals surface area contributed by atoms with Gasteiger partial charge < -0.3 is 14.2 Å². The third-order valence-corrected chi connectivity index (χ3v) is 1.69. The molecule has 0 amide bonds. The Morgan fingerprint density at radius 3 is 2.15 bits per heavy atom. The highest BCUT2D eigenvalue weighted by molar-refractivity contribution is 5.81. The molecule has 0 bridgehead atoms. The highest BCUT2D eigenvalue weighted by atomic mass is 17.2. The molecule has 0 heterocycles. The van der Waals surface area contributed by atoms with Crippen LogP contribution in [0.2, 0.25) is 0 Å². The van der Waals surface area contributed by atoms with Crippen LogP contribution in [0.15, 0.2) is 25.3 Å². The summed E-state index contributed by atoms with van der Waals surface area (Å²) in [7, 11) is 0. The van der Waals surface area contributed by atoms with E-state index in [0.717, 1.165) is 12.2 Å². The lowest BCUT2D eigenvalue weighted by Gasteiger charge is -2.06. The Hall–Kier alpha value is -2.35. The Morgan fingerprint density at radius 2 is 1.50 bits per heavy atom. The summed E-state index contributed by atoms with van der Waals surface area (Å²) >= 11 is 0. The van der Waals surface area contributed by atoms with Crippen LogP contribution in [0, 0.1) is 0 Å². The van der Waals surface area contributed by atoms with E-state index in [4.69, 9.17) is 0 Å². The van der Waals surface area contributed by atoms with Gasteiger partial charge in [-0.15, -0.1) is 0 Å². The molecule has 0 aliphatic carbocycles. The van der Waals surface area contributed by atoms with Crippen molar-refractivity contribution in [2.45, 2.75) is 12.8 Å². The highest BCUT2D eigenvalue weighted by Gasteiger charge is 2.05. The largest absolute Gasteiger partial charge is 0.511 e. The number of carbonyl (C=O) groups excluding carboxylic acids is 3. The number of hydrogen-bond acceptors (Lipinski definition) is 8. The average molecular weight is 288 g/mol. The van der Waals surface area contributed by atoms with Crippen molar-refractivity contribution in [2.75, 3.05) is 20.0 Å². The van der Waals surface area contributed by atoms with E-state index in [1.807, 2.05) is 0 Å². The lowest BCUT2D eigenvalue weighted by atomic mass is 10.3. The zero-order chi connectivity index (χ0) is 15.2. The Bertz CT molecular complexity index is 349. The molecule has 0 aromatic carbocycles. The molecule has 0 aromatic rings. The zero-order valence-corrected chi connectivity index (χ0v) is 10.9. The van der Waals surface area contributed by atoms with Crippen molar-refractivity contribution in [3.8, 4) is 0 Å². The second-order valence-electron chi connectivity index (χ2n) is 3.16. The second kappa shape index (κ2) is 11.7. The number of esters is 1. The molecule has 0 aliphatic heterocycles. The van der Waals surface area contributed by atoms with E-state index in [-0.39, 0.29) is 13.2 Å². The first-order valence-electron chi connectivity index (χ1n) is 5.64. The summed E-state index contributed by atoms with van der Waals surface area (Å²) in [6.07, 6.45) is 1.93. The Kier molecular flexibility index (Phi) is 10.3. The van der Waals surface area contributed by atoms with Crippen molar-refractivity contribution < 1.29 is 38.4 Å². The van der Waals surface area contributed by atoms with Gasteiger partial charge in [-0.05, 0) is 12.8 Å². The van der Waals surface area contributed by atoms with Crippen LogP contribution in [0.4, 0.5) is 4.79 Å². The summed E-state index contributed by atoms with van der Waals surface area (Å²) in [5, 5.41) is 0. The van der Waals surface area contributed by atoms with Crippen LogP contribution in [-0.4, -0.2) is 38.1 Å². The first-order chi connectivity index (χ1) is 9.60. The lowest BCUT2D eigenvalue weighted by molar-refractivity contribution is -0.267. The van der Waals surface area contributed by atoms with Crippen molar-refractivity contribution in [3.63, 3.8) is 0 Å². The van der Waals surface area contributed by atoms with Gasteiger partial charge >= 0.3 is 18.1 Å². The fourth-order valence-corrected chi connectivity index (χ4v) is 0.789. The quantitative estimate of drug-likeness (QED) is 0.148. The van der Waals surface area contributed by atoms with Crippen LogP contribution in [0.3, 0.4) is 0 Å². The first kappa shape index (κ1) is 17.6. The first-order valence-corrected chi connectivity index (χ1v) is 5.64. The third kappa shape index (κ3) is 10.8. The van der Waals surface area contributed by atoms with Crippen LogP contribution in [0.25, 0.3) is 0 Å². The van der Waals surface area contributed by atoms with E-state index in [1.165, 1.54) is 0 Å². The molecule has 8 nitrogen and oxygen atoms in total. The van der Waals surface area contributed by atoms with Crippen molar-refractivity contribution in [3.05, 3.63) is 25.3 Å². The van der Waals surface area contributed by atoms with Gasteiger partial charge in [-0.25, -0.2) is 14.4 Å². The lowest BCUT2D eigenvalue weighted by Crippen LogP contribution is -2.13. The van der Waals surface area contributed by atoms with Crippen LogP contribution in [0.5, 0.6) is 0 Å². The summed E-state index contributed by atoms with van der Waals surface area (Å²) in [4.78, 5) is 40.9. The van der Waals surface area contributed by atoms with Gasteiger partial charge in [-0.2, -0.15) is 4.89 Å². The number of rotatable bonds is 10. The third-order valence-electron chi connectivity index (χ3n) is 1.69. The van der Waals surface area contributed by atoms with E-state index in [1.54, 1.807) is 0 Å². The highest BCUT2D eigenvalue weighted by Crippen LogP contribution is 1.95. The van der Waals surface area contributed by atoms with Gasteiger partial charge in [0.2, 0.25) is 6.79 Å². The maximum atomic E-state index is 11.0. The topological polar surface area (TPSA) is 97.4 Å². The molecule has 0 fully saturated rings. The standard InChI is InChI=1S/C12H16O8/c1-3-10(13)17-9-18-12(15)16-7-5-6-8-19-20-11(14)4-2/h3-4H,1-2,5-9H2. The van der Waals surface area contributed by atoms with Crippen molar-refractivity contribution in [1.82, 2.24) is 0 Å². The van der Waals surface area contributed by atoms with E-state index in [9.17, 15) is 14.4 Å². The summed E-state index contributed by atoms with van der Waals surface area (Å²) in [5.74, 6) is -1.39. The molecule has 0 radical (unpaired) electrons. The fourth-order valence-electron chi connectivity index (χ4n) is 0.789. The maximum absolute atomic E-state index is 11.0. The minimum Gasteiger partial charge on any atom is -0.434 e. The smallest absolute Gasteiger partial charge is 0.434 e. The van der Waals surface area contributed by atoms with Crippen LogP contribution < -0.4 is 0 Å². The van der Waals surface area contributed by atoms with Crippen molar-refractivity contribution >= 4 is 18.1 Å². The van der Waals surface area contributed by atoms with E-state index >= 15 is 0 Å². The molecule has 0 N–H and O–H groups in total. The Morgan fingerprint density at radius 1 is 0.850 bits per heavy atom. The molecule has 112 valence electrons. The molecule has 0 rings (SSSR count). The molecule has 0 aromatic heterocycles. The summed E-state index contributed by atoms with van der Waals surface area (Å²) in [6.45, 7) is 6.07. The van der Waals surface area contributed by atoms with Gasteiger partial charge in [-0.1, -0.05) is 13.2 Å². The summed E-state index contributed by atoms with van der Waals surface area (Å²) in [5.41, 5.74) is 0. The molecular weight excluding hydrogens is 272 g/mol. The van der Waals surface area contributed by atoms with Crippen LogP contribution in [-0.2, 0) is 33.6 Å². The molecule has 0 aliphatic rings. The molecule has 0 atom stereocenters. The minimum atomic E-state index is -0.958. The van der Waals surface area contributed by atoms with Gasteiger partial charge in [0.15, 0.2) is 0 Å². The van der Waals surface area contributed by atoms with Crippen molar-refractivity contribution in [1.29, 1.82) is 0 Å². The Balaban J connectivity index is 3.35. The monoisotopic (exact) mass is 288 g/mol. The summed E-state index contributed by atoms with van der Waals surface area (Å²) in [6, 6.07) is 0. The normalized spacial score (nSPS) is 9.20. The fraction of sp³-hybridized carbons (Fsp3) is 0.417. The average Bonchev–Trinajstić information content (AvgIpc) is 2.45. The Labute approximate surface area is 115 Å². The molecular formula is C12H16O8. The van der Waals surface area contributed by atoms with Gasteiger partial charge in [0.1, 0.15) is 0 Å². The van der Waals surface area contributed by atoms with Gasteiger partial charge in [0.05, 0.1) is 13.2 Å². The molecule has 8 heteroatoms. The van der Waals surface area contributed by atoms with Gasteiger partial charge in [0.25, 0.3) is 0 Å². The number of carbonyl (C=O) groups is 3. The van der Waals surface area contributed by atoms with E-state index in [0.29, 0.717) is 12.8 Å². The minimum absolute atomic E-state index is 0.0903. The maximum Gasteiger partial charge on any atom is 0.511 e. The van der Waals surface area contributed by atoms with E-state index in [2.05, 4.69) is 37.1 Å². The number of unbranched alkanes of at least 4 members (excludes halogenated alkanes) is 1. The molecule has 0 saturated heterocycles. The second-order valence-corrected chi connectivity index (χ2v) is 3.16. The van der Waals surface area contributed by atoms with E-state index < -0.39 is 24.9 Å². The molecule has 0 saturated carbocycles. The predicted molar refractivity (Wildman–Crippen MR) is 65.1 cm³/mol. The van der Waals surface area contributed by atoms with Gasteiger partial charge in [0, 0.05) is 12.2 Å². The molecule has 0 unspecified atom stereocenters.